The van der Waals surface area contributed by atoms with E-state index in [1.54, 1.807) is 24.3 Å². The molecule has 6 nitrogen and oxygen atoms in total. The maximum Gasteiger partial charge on any atom is 0.293 e. The van der Waals surface area contributed by atoms with Gasteiger partial charge in [0, 0.05) is 43.1 Å². The highest BCUT2D eigenvalue weighted by atomic mass is 35.5. The van der Waals surface area contributed by atoms with Crippen molar-refractivity contribution in [3.05, 3.63) is 40.7 Å². The first kappa shape index (κ1) is 17.8. The van der Waals surface area contributed by atoms with E-state index in [4.69, 9.17) is 21.7 Å². The summed E-state index contributed by atoms with van der Waals surface area (Å²) in [6, 6.07) is 6.99. The molecule has 0 radical (unpaired) electrons. The minimum atomic E-state index is -0.347. The van der Waals surface area contributed by atoms with Gasteiger partial charge in [-0.1, -0.05) is 17.7 Å². The van der Waals surface area contributed by atoms with E-state index < -0.39 is 0 Å². The van der Waals surface area contributed by atoms with Crippen LogP contribution in [0, 0.1) is 11.3 Å². The first-order chi connectivity index (χ1) is 12.2. The molecule has 25 heavy (non-hydrogen) atoms. The minimum absolute atomic E-state index is 0.212. The molecule has 0 spiro atoms. The number of rotatable bonds is 7. The first-order valence-corrected chi connectivity index (χ1v) is 8.95. The van der Waals surface area contributed by atoms with Gasteiger partial charge in [0.1, 0.15) is 5.70 Å². The van der Waals surface area contributed by atoms with Crippen molar-refractivity contribution in [3.63, 3.8) is 0 Å². The molecule has 0 aromatic heterocycles. The van der Waals surface area contributed by atoms with Crippen LogP contribution in [0.1, 0.15) is 12.8 Å². The van der Waals surface area contributed by atoms with Crippen LogP contribution >= 0.6 is 11.6 Å². The summed E-state index contributed by atoms with van der Waals surface area (Å²) < 4.78 is 5.86. The van der Waals surface area contributed by atoms with Gasteiger partial charge in [-0.3, -0.25) is 4.79 Å². The minimum Gasteiger partial charge on any atom is -0.486 e. The van der Waals surface area contributed by atoms with Crippen LogP contribution in [-0.4, -0.2) is 49.8 Å². The van der Waals surface area contributed by atoms with Gasteiger partial charge in [0.25, 0.3) is 5.91 Å². The van der Waals surface area contributed by atoms with Gasteiger partial charge in [-0.25, -0.2) is 0 Å². The average molecular weight is 363 g/mol. The second-order valence-corrected chi connectivity index (χ2v) is 6.75. The summed E-state index contributed by atoms with van der Waals surface area (Å²) in [5, 5.41) is 14.5. The summed E-state index contributed by atoms with van der Waals surface area (Å²) in [7, 11) is 0. The van der Waals surface area contributed by atoms with Crippen LogP contribution in [0.25, 0.3) is 0 Å². The lowest BCUT2D eigenvalue weighted by atomic mass is 10.2. The Balaban J connectivity index is 1.81. The van der Waals surface area contributed by atoms with Gasteiger partial charge >= 0.3 is 0 Å². The number of hydrogen-bond acceptors (Lipinski definition) is 5. The van der Waals surface area contributed by atoms with E-state index in [2.05, 4.69) is 10.6 Å². The molecule has 134 valence electrons. The molecule has 1 saturated carbocycles. The molecule has 1 aromatic rings. The smallest absolute Gasteiger partial charge is 0.293 e. The summed E-state index contributed by atoms with van der Waals surface area (Å²) in [6.07, 6.45) is 3.48. The van der Waals surface area contributed by atoms with E-state index >= 15 is 0 Å². The third kappa shape index (κ3) is 4.96. The number of allylic oxidation sites excluding steroid dienone is 1. The molecule has 1 aliphatic carbocycles. The van der Waals surface area contributed by atoms with E-state index in [0.29, 0.717) is 28.9 Å². The molecule has 1 heterocycles. The van der Waals surface area contributed by atoms with Crippen LogP contribution in [0.3, 0.4) is 0 Å². The lowest BCUT2D eigenvalue weighted by molar-refractivity contribution is -0.116. The molecule has 2 aliphatic rings. The summed E-state index contributed by atoms with van der Waals surface area (Å²) in [4.78, 5) is 14.8. The first-order valence-electron chi connectivity index (χ1n) is 8.57. The average Bonchev–Trinajstić information content (AvgIpc) is 3.43. The van der Waals surface area contributed by atoms with E-state index in [1.165, 1.54) is 6.21 Å². The van der Waals surface area contributed by atoms with Crippen molar-refractivity contribution >= 4 is 29.4 Å². The number of piperazine rings is 1. The fraction of sp³-hybridized carbons (Fsp3) is 0.444. The maximum absolute atomic E-state index is 12.8. The topological polar surface area (TPSA) is 77.5 Å². The molecule has 7 heteroatoms. The van der Waals surface area contributed by atoms with Gasteiger partial charge in [-0.15, -0.1) is 0 Å². The van der Waals surface area contributed by atoms with E-state index in [0.717, 1.165) is 39.0 Å². The quantitative estimate of drug-likeness (QED) is 0.395. The Bertz CT molecular complexity index is 667. The predicted molar refractivity (Wildman–Crippen MR) is 99.0 cm³/mol. The maximum atomic E-state index is 12.8. The van der Waals surface area contributed by atoms with E-state index in [9.17, 15) is 4.79 Å². The molecular weight excluding hydrogens is 340 g/mol. The number of amides is 1. The molecule has 3 rings (SSSR count). The number of anilines is 1. The van der Waals surface area contributed by atoms with E-state index in [-0.39, 0.29) is 11.7 Å². The number of carbonyl (C=O) groups is 1. The number of carbonyl (C=O) groups excluding carboxylic acids is 1. The second-order valence-electron chi connectivity index (χ2n) is 6.31. The zero-order chi connectivity index (χ0) is 17.6. The van der Waals surface area contributed by atoms with Gasteiger partial charge in [0.15, 0.2) is 0 Å². The van der Waals surface area contributed by atoms with Crippen LogP contribution in [0.5, 0.6) is 0 Å². The Labute approximate surface area is 152 Å². The highest BCUT2D eigenvalue weighted by molar-refractivity contribution is 6.31. The van der Waals surface area contributed by atoms with Crippen molar-refractivity contribution in [2.45, 2.75) is 12.8 Å². The standard InChI is InChI=1S/C18H23ClN4O2/c19-14-2-1-3-15(10-14)22-18(24)17(25-12-13-4-5-13)16(11-20)23-8-6-21-7-9-23/h1-3,10-11,13,20-21H,4-9,12H2,(H,22,24). The van der Waals surface area contributed by atoms with Gasteiger partial charge in [0.2, 0.25) is 5.76 Å². The monoisotopic (exact) mass is 362 g/mol. The Kier molecular flexibility index (Phi) is 5.94. The third-order valence-corrected chi connectivity index (χ3v) is 4.51. The zero-order valence-corrected chi connectivity index (χ0v) is 14.8. The second kappa shape index (κ2) is 8.36. The summed E-state index contributed by atoms with van der Waals surface area (Å²) >= 11 is 5.98. The Morgan fingerprint density at radius 3 is 2.80 bits per heavy atom. The Morgan fingerprint density at radius 1 is 1.40 bits per heavy atom. The van der Waals surface area contributed by atoms with Gasteiger partial charge in [0.05, 0.1) is 6.61 Å². The van der Waals surface area contributed by atoms with Crippen molar-refractivity contribution in [3.8, 4) is 0 Å². The highest BCUT2D eigenvalue weighted by Gasteiger charge is 2.27. The molecular formula is C18H23ClN4O2. The molecule has 0 atom stereocenters. The SMILES string of the molecule is N=CC(=C(OCC1CC1)C(=O)Nc1cccc(Cl)c1)N1CCNCC1. The van der Waals surface area contributed by atoms with Crippen molar-refractivity contribution in [1.29, 1.82) is 5.41 Å². The van der Waals surface area contributed by atoms with Gasteiger partial charge in [-0.2, -0.15) is 0 Å². The van der Waals surface area contributed by atoms with Gasteiger partial charge < -0.3 is 25.7 Å². The molecule has 2 fully saturated rings. The summed E-state index contributed by atoms with van der Waals surface area (Å²) in [5.74, 6) is 0.382. The van der Waals surface area contributed by atoms with Crippen LogP contribution in [0.2, 0.25) is 5.02 Å². The van der Waals surface area contributed by atoms with E-state index in [1.807, 2.05) is 4.90 Å². The fourth-order valence-corrected chi connectivity index (χ4v) is 2.89. The normalized spacial score (nSPS) is 18.4. The number of nitrogens with zero attached hydrogens (tertiary/aromatic N) is 1. The molecule has 1 saturated heterocycles. The number of hydrogen-bond donors (Lipinski definition) is 3. The van der Waals surface area contributed by atoms with Crippen molar-refractivity contribution in [2.75, 3.05) is 38.1 Å². The number of nitrogens with one attached hydrogen (secondary N) is 3. The lowest BCUT2D eigenvalue weighted by Crippen LogP contribution is -2.44. The van der Waals surface area contributed by atoms with Gasteiger partial charge in [-0.05, 0) is 37.0 Å². The molecule has 0 bridgehead atoms. The largest absolute Gasteiger partial charge is 0.486 e. The van der Waals surface area contributed by atoms with Crippen molar-refractivity contribution < 1.29 is 9.53 Å². The van der Waals surface area contributed by atoms with Crippen LogP contribution in [0.4, 0.5) is 5.69 Å². The van der Waals surface area contributed by atoms with Crippen LogP contribution < -0.4 is 10.6 Å². The van der Waals surface area contributed by atoms with Crippen LogP contribution in [0.15, 0.2) is 35.7 Å². The zero-order valence-electron chi connectivity index (χ0n) is 14.1. The third-order valence-electron chi connectivity index (χ3n) is 4.28. The van der Waals surface area contributed by atoms with Crippen LogP contribution in [-0.2, 0) is 9.53 Å². The fourth-order valence-electron chi connectivity index (χ4n) is 2.70. The molecule has 0 unspecified atom stereocenters. The molecule has 1 amide bonds. The lowest BCUT2D eigenvalue weighted by Gasteiger charge is -2.31. The van der Waals surface area contributed by atoms with Crippen molar-refractivity contribution in [2.24, 2.45) is 5.92 Å². The Morgan fingerprint density at radius 2 is 2.16 bits per heavy atom. The molecule has 1 aromatic carbocycles. The number of halogens is 1. The molecule has 1 aliphatic heterocycles. The number of ether oxygens (including phenoxy) is 1. The summed E-state index contributed by atoms with van der Waals surface area (Å²) in [5.41, 5.74) is 1.14. The summed E-state index contributed by atoms with van der Waals surface area (Å²) in [6.45, 7) is 3.64. The van der Waals surface area contributed by atoms with Crippen molar-refractivity contribution in [1.82, 2.24) is 10.2 Å². The number of benzene rings is 1. The molecule has 3 N–H and O–H groups in total. The predicted octanol–water partition coefficient (Wildman–Crippen LogP) is 2.47. The Hall–Kier alpha value is -2.05. The highest BCUT2D eigenvalue weighted by Crippen LogP contribution is 2.30.